The smallest absolute Gasteiger partial charge is 0.0102 e. The van der Waals surface area contributed by atoms with Crippen molar-refractivity contribution >= 4 is 0 Å². The van der Waals surface area contributed by atoms with Gasteiger partial charge >= 0.3 is 0 Å². The van der Waals surface area contributed by atoms with E-state index in [4.69, 9.17) is 5.73 Å². The molecule has 3 heteroatoms. The van der Waals surface area contributed by atoms with Crippen LogP contribution in [0, 0.1) is 0 Å². The number of hydrogen-bond acceptors (Lipinski definition) is 3. The molecular formula is C9H23N3. The average Bonchev–Trinajstić information content (AvgIpc) is 1.98. The van der Waals surface area contributed by atoms with Crippen LogP contribution in [-0.4, -0.2) is 57.1 Å². The van der Waals surface area contributed by atoms with Gasteiger partial charge in [-0.15, -0.1) is 0 Å². The van der Waals surface area contributed by atoms with Crippen LogP contribution in [0.1, 0.15) is 12.8 Å². The predicted molar refractivity (Wildman–Crippen MR) is 54.3 cm³/mol. The molecule has 0 aromatic rings. The van der Waals surface area contributed by atoms with Crippen molar-refractivity contribution in [2.75, 3.05) is 47.3 Å². The SMILES string of the molecule is CN(C)CCCCN(C)CCN. The molecule has 0 aliphatic rings. The van der Waals surface area contributed by atoms with Gasteiger partial charge in [0.2, 0.25) is 0 Å². The van der Waals surface area contributed by atoms with Gasteiger partial charge in [-0.1, -0.05) is 0 Å². The van der Waals surface area contributed by atoms with E-state index < -0.39 is 0 Å². The maximum Gasteiger partial charge on any atom is 0.0102 e. The van der Waals surface area contributed by atoms with Crippen molar-refractivity contribution < 1.29 is 0 Å². The molecule has 0 rings (SSSR count). The third-order valence-electron chi connectivity index (χ3n) is 1.91. The molecule has 3 nitrogen and oxygen atoms in total. The molecule has 0 amide bonds. The molecule has 0 saturated carbocycles. The van der Waals surface area contributed by atoms with Gasteiger partial charge in [0.05, 0.1) is 0 Å². The molecule has 0 aliphatic carbocycles. The Morgan fingerprint density at radius 3 is 2.00 bits per heavy atom. The molecule has 0 spiro atoms. The van der Waals surface area contributed by atoms with Gasteiger partial charge in [-0.25, -0.2) is 0 Å². The van der Waals surface area contributed by atoms with Gasteiger partial charge in [0.1, 0.15) is 0 Å². The van der Waals surface area contributed by atoms with Crippen molar-refractivity contribution in [1.29, 1.82) is 0 Å². The Morgan fingerprint density at radius 2 is 1.50 bits per heavy atom. The Balaban J connectivity index is 3.08. The summed E-state index contributed by atoms with van der Waals surface area (Å²) in [5, 5.41) is 0. The van der Waals surface area contributed by atoms with E-state index in [1.54, 1.807) is 0 Å². The van der Waals surface area contributed by atoms with Crippen LogP contribution in [0.15, 0.2) is 0 Å². The molecule has 0 heterocycles. The second-order valence-electron chi connectivity index (χ2n) is 3.60. The van der Waals surface area contributed by atoms with E-state index in [-0.39, 0.29) is 0 Å². The fourth-order valence-corrected chi connectivity index (χ4v) is 1.14. The molecule has 0 aromatic heterocycles. The Labute approximate surface area is 76.5 Å². The van der Waals surface area contributed by atoms with Gasteiger partial charge in [0.25, 0.3) is 0 Å². The maximum atomic E-state index is 5.43. The monoisotopic (exact) mass is 173 g/mol. The Bertz CT molecular complexity index is 93.8. The molecule has 0 atom stereocenters. The van der Waals surface area contributed by atoms with E-state index >= 15 is 0 Å². The molecule has 0 aliphatic heterocycles. The summed E-state index contributed by atoms with van der Waals surface area (Å²) in [7, 11) is 6.36. The maximum absolute atomic E-state index is 5.43. The first-order chi connectivity index (χ1) is 5.66. The van der Waals surface area contributed by atoms with Crippen molar-refractivity contribution in [3.63, 3.8) is 0 Å². The van der Waals surface area contributed by atoms with Crippen LogP contribution < -0.4 is 5.73 Å². The molecule has 0 unspecified atom stereocenters. The lowest BCUT2D eigenvalue weighted by Crippen LogP contribution is -2.27. The quantitative estimate of drug-likeness (QED) is 0.559. The third kappa shape index (κ3) is 7.98. The summed E-state index contributed by atoms with van der Waals surface area (Å²) in [5.74, 6) is 0. The first-order valence-electron chi connectivity index (χ1n) is 4.70. The van der Waals surface area contributed by atoms with E-state index in [2.05, 4.69) is 30.9 Å². The van der Waals surface area contributed by atoms with Crippen molar-refractivity contribution in [1.82, 2.24) is 9.80 Å². The van der Waals surface area contributed by atoms with E-state index in [1.165, 1.54) is 25.9 Å². The van der Waals surface area contributed by atoms with Crippen LogP contribution in [0.25, 0.3) is 0 Å². The van der Waals surface area contributed by atoms with E-state index in [9.17, 15) is 0 Å². The summed E-state index contributed by atoms with van der Waals surface area (Å²) in [6.45, 7) is 4.15. The highest BCUT2D eigenvalue weighted by molar-refractivity contribution is 4.53. The minimum absolute atomic E-state index is 0.768. The third-order valence-corrected chi connectivity index (χ3v) is 1.91. The van der Waals surface area contributed by atoms with Crippen LogP contribution in [0.5, 0.6) is 0 Å². The first kappa shape index (κ1) is 11.9. The minimum Gasteiger partial charge on any atom is -0.329 e. The van der Waals surface area contributed by atoms with Gasteiger partial charge in [-0.05, 0) is 47.1 Å². The lowest BCUT2D eigenvalue weighted by Gasteiger charge is -2.15. The molecule has 0 aromatic carbocycles. The fourth-order valence-electron chi connectivity index (χ4n) is 1.14. The van der Waals surface area contributed by atoms with Gasteiger partial charge in [-0.3, -0.25) is 0 Å². The number of nitrogens with two attached hydrogens (primary N) is 1. The second kappa shape index (κ2) is 7.53. The van der Waals surface area contributed by atoms with E-state index in [0.29, 0.717) is 0 Å². The van der Waals surface area contributed by atoms with Gasteiger partial charge in [-0.2, -0.15) is 0 Å². The molecule has 2 N–H and O–H groups in total. The summed E-state index contributed by atoms with van der Waals surface area (Å²) < 4.78 is 0. The summed E-state index contributed by atoms with van der Waals surface area (Å²) in [4.78, 5) is 4.51. The number of nitrogens with zero attached hydrogens (tertiary/aromatic N) is 2. The van der Waals surface area contributed by atoms with Gasteiger partial charge < -0.3 is 15.5 Å². The van der Waals surface area contributed by atoms with Crippen molar-refractivity contribution in [2.24, 2.45) is 5.73 Å². The zero-order valence-corrected chi connectivity index (χ0v) is 8.71. The summed E-state index contributed by atoms with van der Waals surface area (Å²) >= 11 is 0. The van der Waals surface area contributed by atoms with Crippen LogP contribution in [0.2, 0.25) is 0 Å². The highest BCUT2D eigenvalue weighted by atomic mass is 15.1. The molecule has 12 heavy (non-hydrogen) atoms. The summed E-state index contributed by atoms with van der Waals surface area (Å²) in [5.41, 5.74) is 5.43. The Hall–Kier alpha value is -0.120. The fraction of sp³-hybridized carbons (Fsp3) is 1.00. The van der Waals surface area contributed by atoms with Crippen LogP contribution in [0.4, 0.5) is 0 Å². The Morgan fingerprint density at radius 1 is 0.917 bits per heavy atom. The van der Waals surface area contributed by atoms with Crippen molar-refractivity contribution in [3.8, 4) is 0 Å². The lowest BCUT2D eigenvalue weighted by atomic mass is 10.3. The summed E-state index contributed by atoms with van der Waals surface area (Å²) in [6.07, 6.45) is 2.55. The lowest BCUT2D eigenvalue weighted by molar-refractivity contribution is 0.318. The van der Waals surface area contributed by atoms with Gasteiger partial charge in [0, 0.05) is 13.1 Å². The molecule has 0 radical (unpaired) electrons. The minimum atomic E-state index is 0.768. The van der Waals surface area contributed by atoms with E-state index in [1.807, 2.05) is 0 Å². The molecular weight excluding hydrogens is 150 g/mol. The molecule has 0 saturated heterocycles. The number of rotatable bonds is 7. The topological polar surface area (TPSA) is 32.5 Å². The predicted octanol–water partition coefficient (Wildman–Crippen LogP) is 0.219. The van der Waals surface area contributed by atoms with Crippen LogP contribution in [0.3, 0.4) is 0 Å². The van der Waals surface area contributed by atoms with Gasteiger partial charge in [0.15, 0.2) is 0 Å². The second-order valence-corrected chi connectivity index (χ2v) is 3.60. The summed E-state index contributed by atoms with van der Waals surface area (Å²) in [6, 6.07) is 0. The van der Waals surface area contributed by atoms with Crippen molar-refractivity contribution in [2.45, 2.75) is 12.8 Å². The number of hydrogen-bond donors (Lipinski definition) is 1. The average molecular weight is 173 g/mol. The number of unbranched alkanes of at least 4 members (excludes halogenated alkanes) is 1. The van der Waals surface area contributed by atoms with Crippen LogP contribution in [-0.2, 0) is 0 Å². The van der Waals surface area contributed by atoms with Crippen molar-refractivity contribution in [3.05, 3.63) is 0 Å². The first-order valence-corrected chi connectivity index (χ1v) is 4.70. The Kier molecular flexibility index (Phi) is 7.45. The highest BCUT2D eigenvalue weighted by Gasteiger charge is 1.96. The zero-order valence-electron chi connectivity index (χ0n) is 8.71. The van der Waals surface area contributed by atoms with E-state index in [0.717, 1.165) is 13.1 Å². The molecule has 0 bridgehead atoms. The normalized spacial score (nSPS) is 11.5. The molecule has 0 fully saturated rings. The number of likely N-dealkylation sites (N-methyl/N-ethyl adjacent to an activating group) is 1. The van der Waals surface area contributed by atoms with Crippen LogP contribution >= 0.6 is 0 Å². The molecule has 74 valence electrons. The largest absolute Gasteiger partial charge is 0.329 e. The zero-order chi connectivity index (χ0) is 9.40. The standard InChI is InChI=1S/C9H23N3/c1-11(2)7-4-5-8-12(3)9-6-10/h4-10H2,1-3H3. The highest BCUT2D eigenvalue weighted by Crippen LogP contribution is 1.93.